The molecule has 0 fully saturated rings. The Morgan fingerprint density at radius 1 is 1.47 bits per heavy atom. The van der Waals surface area contributed by atoms with Crippen molar-refractivity contribution in [1.82, 2.24) is 4.37 Å². The molecule has 3 N–H and O–H groups in total. The maximum atomic E-state index is 11.9. The number of aromatic nitrogens is 1. The quantitative estimate of drug-likeness (QED) is 0.826. The maximum absolute atomic E-state index is 11.9. The monoisotopic (exact) mass is 292 g/mol. The van der Waals surface area contributed by atoms with Crippen LogP contribution in [0.4, 0.5) is 13.2 Å². The standard InChI is InChI=1S/C6H7F3N2O4S2/c7-6(8,9)2-15-5-4(17(10,13)14)3(1-12)11-16-5/h12H,1-2H2,(H2,10,13,14). The maximum Gasteiger partial charge on any atom is 0.422 e. The molecule has 0 bridgehead atoms. The second-order valence-corrected chi connectivity index (χ2v) is 5.09. The van der Waals surface area contributed by atoms with E-state index in [0.29, 0.717) is 11.5 Å². The Morgan fingerprint density at radius 2 is 2.06 bits per heavy atom. The van der Waals surface area contributed by atoms with Crippen molar-refractivity contribution >= 4 is 21.6 Å². The fourth-order valence-corrected chi connectivity index (χ4v) is 2.82. The van der Waals surface area contributed by atoms with E-state index in [1.54, 1.807) is 0 Å². The molecule has 0 aliphatic carbocycles. The third kappa shape index (κ3) is 3.80. The zero-order valence-corrected chi connectivity index (χ0v) is 9.69. The largest absolute Gasteiger partial charge is 0.472 e. The Labute approximate surface area is 98.0 Å². The van der Waals surface area contributed by atoms with Gasteiger partial charge >= 0.3 is 6.18 Å². The van der Waals surface area contributed by atoms with E-state index >= 15 is 0 Å². The van der Waals surface area contributed by atoms with E-state index in [2.05, 4.69) is 9.11 Å². The van der Waals surface area contributed by atoms with E-state index in [9.17, 15) is 21.6 Å². The zero-order valence-electron chi connectivity index (χ0n) is 8.06. The van der Waals surface area contributed by atoms with Crippen molar-refractivity contribution < 1.29 is 31.4 Å². The summed E-state index contributed by atoms with van der Waals surface area (Å²) >= 11 is 0.377. The second kappa shape index (κ2) is 4.76. The summed E-state index contributed by atoms with van der Waals surface area (Å²) in [6.07, 6.45) is -4.61. The van der Waals surface area contributed by atoms with Gasteiger partial charge in [-0.1, -0.05) is 0 Å². The Hall–Kier alpha value is -0.910. The van der Waals surface area contributed by atoms with Gasteiger partial charge in [-0.05, 0) is 0 Å². The van der Waals surface area contributed by atoms with Crippen LogP contribution in [0.5, 0.6) is 5.06 Å². The fourth-order valence-electron chi connectivity index (χ4n) is 0.918. The Bertz CT molecular complexity index is 496. The molecule has 11 heteroatoms. The highest BCUT2D eigenvalue weighted by Gasteiger charge is 2.31. The first-order valence-electron chi connectivity index (χ1n) is 3.97. The molecule has 0 saturated heterocycles. The molecule has 98 valence electrons. The summed E-state index contributed by atoms with van der Waals surface area (Å²) in [5, 5.41) is 13.0. The number of alkyl halides is 3. The molecule has 1 heterocycles. The molecule has 6 nitrogen and oxygen atoms in total. The zero-order chi connectivity index (χ0) is 13.3. The highest BCUT2D eigenvalue weighted by molar-refractivity contribution is 7.89. The molecule has 0 radical (unpaired) electrons. The van der Waals surface area contributed by atoms with Crippen molar-refractivity contribution in [2.75, 3.05) is 6.61 Å². The highest BCUT2D eigenvalue weighted by Crippen LogP contribution is 2.32. The van der Waals surface area contributed by atoms with Gasteiger partial charge in [0.2, 0.25) is 15.1 Å². The predicted molar refractivity (Wildman–Crippen MR) is 51.0 cm³/mol. The number of aliphatic hydroxyl groups excluding tert-OH is 1. The van der Waals surface area contributed by atoms with Gasteiger partial charge in [0, 0.05) is 11.5 Å². The highest BCUT2D eigenvalue weighted by atomic mass is 32.2. The Morgan fingerprint density at radius 3 is 2.47 bits per heavy atom. The summed E-state index contributed by atoms with van der Waals surface area (Å²) in [7, 11) is -4.31. The minimum atomic E-state index is -4.61. The van der Waals surface area contributed by atoms with Crippen LogP contribution in [-0.2, 0) is 16.6 Å². The van der Waals surface area contributed by atoms with Crippen LogP contribution in [0, 0.1) is 0 Å². The van der Waals surface area contributed by atoms with Gasteiger partial charge < -0.3 is 9.84 Å². The second-order valence-electron chi connectivity index (χ2n) is 2.85. The van der Waals surface area contributed by atoms with Crippen molar-refractivity contribution in [1.29, 1.82) is 0 Å². The van der Waals surface area contributed by atoms with Gasteiger partial charge in [0.1, 0.15) is 5.69 Å². The fraction of sp³-hybridized carbons (Fsp3) is 0.500. The van der Waals surface area contributed by atoms with Crippen molar-refractivity contribution in [3.63, 3.8) is 0 Å². The molecule has 1 rings (SSSR count). The summed E-state index contributed by atoms with van der Waals surface area (Å²) in [6, 6.07) is 0. The van der Waals surface area contributed by atoms with Crippen LogP contribution in [0.25, 0.3) is 0 Å². The molecule has 0 atom stereocenters. The number of primary sulfonamides is 1. The molecule has 0 spiro atoms. The van der Waals surface area contributed by atoms with Crippen LogP contribution in [0.15, 0.2) is 4.90 Å². The molecular weight excluding hydrogens is 285 g/mol. The van der Waals surface area contributed by atoms with Gasteiger partial charge in [-0.2, -0.15) is 17.5 Å². The molecule has 0 amide bonds. The van der Waals surface area contributed by atoms with Crippen LogP contribution in [0.2, 0.25) is 0 Å². The number of ether oxygens (including phenoxy) is 1. The van der Waals surface area contributed by atoms with Gasteiger partial charge in [0.25, 0.3) is 0 Å². The molecule has 0 aromatic carbocycles. The number of hydrogen-bond acceptors (Lipinski definition) is 6. The van der Waals surface area contributed by atoms with Crippen molar-refractivity contribution in [2.45, 2.75) is 17.7 Å². The van der Waals surface area contributed by atoms with Crippen LogP contribution >= 0.6 is 11.5 Å². The summed E-state index contributed by atoms with van der Waals surface area (Å²) in [5.74, 6) is 0. The Kier molecular flexibility index (Phi) is 3.96. The first-order valence-corrected chi connectivity index (χ1v) is 6.29. The predicted octanol–water partition coefficient (Wildman–Crippen LogP) is 0.224. The molecule has 17 heavy (non-hydrogen) atoms. The summed E-state index contributed by atoms with van der Waals surface area (Å²) in [4.78, 5) is -0.714. The molecule has 0 aliphatic heterocycles. The van der Waals surface area contributed by atoms with E-state index < -0.39 is 39.4 Å². The van der Waals surface area contributed by atoms with E-state index in [4.69, 9.17) is 10.2 Å². The van der Waals surface area contributed by atoms with Gasteiger partial charge in [0.05, 0.1) is 6.61 Å². The molecule has 1 aromatic rings. The molecule has 0 aliphatic rings. The number of aliphatic hydroxyl groups is 1. The lowest BCUT2D eigenvalue weighted by atomic mass is 10.4. The van der Waals surface area contributed by atoms with Crippen molar-refractivity contribution in [3.8, 4) is 5.06 Å². The third-order valence-electron chi connectivity index (χ3n) is 1.49. The number of hydrogen-bond donors (Lipinski definition) is 2. The number of rotatable bonds is 4. The van der Waals surface area contributed by atoms with Gasteiger partial charge in [-0.15, -0.1) is 0 Å². The lowest BCUT2D eigenvalue weighted by molar-refractivity contribution is -0.153. The molecule has 1 aromatic heterocycles. The summed E-state index contributed by atoms with van der Waals surface area (Å²) in [5.41, 5.74) is -0.338. The average Bonchev–Trinajstić information content (AvgIpc) is 2.55. The Balaban J connectivity index is 3.06. The first-order chi connectivity index (χ1) is 7.65. The number of halogens is 3. The molecule has 0 unspecified atom stereocenters. The average molecular weight is 292 g/mol. The van der Waals surface area contributed by atoms with E-state index in [1.807, 2.05) is 0 Å². The lowest BCUT2D eigenvalue weighted by Crippen LogP contribution is -2.21. The van der Waals surface area contributed by atoms with E-state index in [1.165, 1.54) is 0 Å². The third-order valence-corrected chi connectivity index (χ3v) is 3.41. The van der Waals surface area contributed by atoms with Gasteiger partial charge in [0.15, 0.2) is 11.5 Å². The minimum absolute atomic E-state index is 0.338. The smallest absolute Gasteiger partial charge is 0.422 e. The van der Waals surface area contributed by atoms with Crippen LogP contribution in [0.3, 0.4) is 0 Å². The van der Waals surface area contributed by atoms with Gasteiger partial charge in [-0.25, -0.2) is 13.6 Å². The first kappa shape index (κ1) is 14.2. The van der Waals surface area contributed by atoms with Crippen LogP contribution in [0.1, 0.15) is 5.69 Å². The number of nitrogens with zero attached hydrogens (tertiary/aromatic N) is 1. The molecule has 0 saturated carbocycles. The molecular formula is C6H7F3N2O4S2. The SMILES string of the molecule is NS(=O)(=O)c1c(CO)nsc1OCC(F)(F)F. The normalized spacial score (nSPS) is 12.8. The van der Waals surface area contributed by atoms with Crippen molar-refractivity contribution in [2.24, 2.45) is 5.14 Å². The van der Waals surface area contributed by atoms with Gasteiger partial charge in [-0.3, -0.25) is 0 Å². The number of nitrogens with two attached hydrogens (primary N) is 1. The van der Waals surface area contributed by atoms with Crippen LogP contribution in [-0.4, -0.2) is 30.7 Å². The van der Waals surface area contributed by atoms with E-state index in [-0.39, 0.29) is 5.69 Å². The number of sulfonamides is 1. The van der Waals surface area contributed by atoms with E-state index in [0.717, 1.165) is 0 Å². The lowest BCUT2D eigenvalue weighted by Gasteiger charge is -2.08. The topological polar surface area (TPSA) is 103 Å². The summed E-state index contributed by atoms with van der Waals surface area (Å²) in [6.45, 7) is -2.43. The summed E-state index contributed by atoms with van der Waals surface area (Å²) < 4.78 is 65.6. The minimum Gasteiger partial charge on any atom is -0.472 e. The van der Waals surface area contributed by atoms with Crippen LogP contribution < -0.4 is 9.88 Å². The van der Waals surface area contributed by atoms with Crippen molar-refractivity contribution in [3.05, 3.63) is 5.69 Å².